The number of urea groups is 1. The first-order valence-corrected chi connectivity index (χ1v) is 9.52. The summed E-state index contributed by atoms with van der Waals surface area (Å²) >= 11 is 0. The summed E-state index contributed by atoms with van der Waals surface area (Å²) in [5.41, 5.74) is 2.83. The van der Waals surface area contributed by atoms with Gasteiger partial charge in [-0.25, -0.2) is 4.79 Å². The summed E-state index contributed by atoms with van der Waals surface area (Å²) in [7, 11) is 3.98. The van der Waals surface area contributed by atoms with E-state index in [1.807, 2.05) is 49.0 Å². The second-order valence-corrected chi connectivity index (χ2v) is 7.22. The molecule has 0 aliphatic heterocycles. The van der Waals surface area contributed by atoms with Crippen molar-refractivity contribution in [1.82, 2.24) is 10.2 Å². The van der Waals surface area contributed by atoms with Crippen molar-refractivity contribution in [3.05, 3.63) is 23.8 Å². The van der Waals surface area contributed by atoms with Gasteiger partial charge in [0.2, 0.25) is 5.91 Å². The summed E-state index contributed by atoms with van der Waals surface area (Å²) in [6, 6.07) is 5.83. The molecule has 0 unspecified atom stereocenters. The summed E-state index contributed by atoms with van der Waals surface area (Å²) in [5, 5.41) is 5.59. The summed E-state index contributed by atoms with van der Waals surface area (Å²) in [4.78, 5) is 28.6. The molecule has 144 valence electrons. The lowest BCUT2D eigenvalue weighted by Gasteiger charge is -2.31. The lowest BCUT2D eigenvalue weighted by Crippen LogP contribution is -2.39. The highest BCUT2D eigenvalue weighted by Crippen LogP contribution is 2.33. The third-order valence-corrected chi connectivity index (χ3v) is 4.83. The number of hydrogen-bond acceptors (Lipinski definition) is 3. The SMILES string of the molecule is CCNC(=O)Nc1ccc(N(C)C)c(CN(C(=O)C2CC2)[C@H](C)CC)c1. The fraction of sp³-hybridized carbons (Fsp3) is 0.600. The molecular formula is C20H32N4O2. The fourth-order valence-electron chi connectivity index (χ4n) is 2.98. The van der Waals surface area contributed by atoms with E-state index in [0.717, 1.165) is 36.2 Å². The van der Waals surface area contributed by atoms with E-state index < -0.39 is 0 Å². The third kappa shape index (κ3) is 5.13. The minimum Gasteiger partial charge on any atom is -0.377 e. The molecule has 6 nitrogen and oxygen atoms in total. The molecule has 1 atom stereocenters. The van der Waals surface area contributed by atoms with Crippen molar-refractivity contribution in [2.75, 3.05) is 30.9 Å². The van der Waals surface area contributed by atoms with Crippen molar-refractivity contribution in [2.45, 2.75) is 52.6 Å². The Morgan fingerprint density at radius 2 is 1.92 bits per heavy atom. The maximum Gasteiger partial charge on any atom is 0.319 e. The Balaban J connectivity index is 2.27. The average Bonchev–Trinajstić information content (AvgIpc) is 3.43. The van der Waals surface area contributed by atoms with E-state index in [1.54, 1.807) is 0 Å². The number of nitrogens with one attached hydrogen (secondary N) is 2. The molecule has 0 bridgehead atoms. The van der Waals surface area contributed by atoms with Crippen molar-refractivity contribution in [2.24, 2.45) is 5.92 Å². The molecule has 0 radical (unpaired) electrons. The van der Waals surface area contributed by atoms with Crippen molar-refractivity contribution in [3.63, 3.8) is 0 Å². The van der Waals surface area contributed by atoms with E-state index in [2.05, 4.69) is 24.5 Å². The molecule has 6 heteroatoms. The molecule has 2 rings (SSSR count). The lowest BCUT2D eigenvalue weighted by atomic mass is 10.1. The number of benzene rings is 1. The van der Waals surface area contributed by atoms with Crippen LogP contribution in [0.1, 0.15) is 45.6 Å². The van der Waals surface area contributed by atoms with E-state index in [0.29, 0.717) is 13.1 Å². The van der Waals surface area contributed by atoms with Gasteiger partial charge in [-0.2, -0.15) is 0 Å². The zero-order valence-electron chi connectivity index (χ0n) is 16.6. The molecule has 1 aromatic rings. The number of rotatable bonds is 8. The monoisotopic (exact) mass is 360 g/mol. The zero-order valence-corrected chi connectivity index (χ0v) is 16.6. The number of carbonyl (C=O) groups is 2. The van der Waals surface area contributed by atoms with Crippen LogP contribution in [0.5, 0.6) is 0 Å². The standard InChI is InChI=1S/C20H32N4O2/c1-6-14(3)24(19(25)15-8-9-15)13-16-12-17(22-20(26)21-7-2)10-11-18(16)23(4)5/h10-12,14-15H,6-9,13H2,1-5H3,(H2,21,22,26)/t14-/m1/s1. The molecule has 1 aliphatic rings. The van der Waals surface area contributed by atoms with E-state index >= 15 is 0 Å². The summed E-state index contributed by atoms with van der Waals surface area (Å²) in [5.74, 6) is 0.453. The van der Waals surface area contributed by atoms with Crippen LogP contribution in [0.4, 0.5) is 16.2 Å². The third-order valence-electron chi connectivity index (χ3n) is 4.83. The van der Waals surface area contributed by atoms with Crippen LogP contribution in [-0.4, -0.2) is 43.5 Å². The predicted molar refractivity (Wildman–Crippen MR) is 106 cm³/mol. The van der Waals surface area contributed by atoms with E-state index in [4.69, 9.17) is 0 Å². The largest absolute Gasteiger partial charge is 0.377 e. The molecular weight excluding hydrogens is 328 g/mol. The van der Waals surface area contributed by atoms with E-state index in [9.17, 15) is 9.59 Å². The fourth-order valence-corrected chi connectivity index (χ4v) is 2.98. The minimum absolute atomic E-state index is 0.193. The lowest BCUT2D eigenvalue weighted by molar-refractivity contribution is -0.135. The average molecular weight is 361 g/mol. The highest BCUT2D eigenvalue weighted by molar-refractivity contribution is 5.89. The quantitative estimate of drug-likeness (QED) is 0.746. The Bertz CT molecular complexity index is 641. The number of nitrogens with zero attached hydrogens (tertiary/aromatic N) is 2. The van der Waals surface area contributed by atoms with Gasteiger partial charge in [-0.3, -0.25) is 4.79 Å². The van der Waals surface area contributed by atoms with Crippen molar-refractivity contribution in [3.8, 4) is 0 Å². The second kappa shape index (κ2) is 8.92. The van der Waals surface area contributed by atoms with Gasteiger partial charge < -0.3 is 20.4 Å². The van der Waals surface area contributed by atoms with Crippen LogP contribution in [0.2, 0.25) is 0 Å². The van der Waals surface area contributed by atoms with Crippen molar-refractivity contribution in [1.29, 1.82) is 0 Å². The zero-order chi connectivity index (χ0) is 19.3. The first-order chi connectivity index (χ1) is 12.4. The number of anilines is 2. The topological polar surface area (TPSA) is 64.7 Å². The second-order valence-electron chi connectivity index (χ2n) is 7.22. The van der Waals surface area contributed by atoms with Crippen LogP contribution >= 0.6 is 0 Å². The molecule has 2 N–H and O–H groups in total. The maximum absolute atomic E-state index is 12.8. The molecule has 1 fully saturated rings. The smallest absolute Gasteiger partial charge is 0.319 e. The molecule has 1 aliphatic carbocycles. The molecule has 26 heavy (non-hydrogen) atoms. The Morgan fingerprint density at radius 3 is 2.46 bits per heavy atom. The number of hydrogen-bond donors (Lipinski definition) is 2. The van der Waals surface area contributed by atoms with Crippen LogP contribution in [0, 0.1) is 5.92 Å². The summed E-state index contributed by atoms with van der Waals surface area (Å²) < 4.78 is 0. The summed E-state index contributed by atoms with van der Waals surface area (Å²) in [6.45, 7) is 7.23. The van der Waals surface area contributed by atoms with Crippen LogP contribution in [-0.2, 0) is 11.3 Å². The van der Waals surface area contributed by atoms with Gasteiger partial charge >= 0.3 is 6.03 Å². The molecule has 0 aromatic heterocycles. The first-order valence-electron chi connectivity index (χ1n) is 9.52. The summed E-state index contributed by atoms with van der Waals surface area (Å²) in [6.07, 6.45) is 2.93. The van der Waals surface area contributed by atoms with Gasteiger partial charge in [-0.1, -0.05) is 6.92 Å². The first kappa shape index (κ1) is 20.1. The highest BCUT2D eigenvalue weighted by atomic mass is 16.2. The Hall–Kier alpha value is -2.24. The Kier molecular flexibility index (Phi) is 6.89. The van der Waals surface area contributed by atoms with Gasteiger partial charge in [-0.15, -0.1) is 0 Å². The Labute approximate surface area is 156 Å². The van der Waals surface area contributed by atoms with Crippen molar-refractivity contribution >= 4 is 23.3 Å². The Morgan fingerprint density at radius 1 is 1.23 bits per heavy atom. The maximum atomic E-state index is 12.8. The van der Waals surface area contributed by atoms with E-state index in [-0.39, 0.29) is 23.9 Å². The molecule has 1 saturated carbocycles. The molecule has 1 aromatic carbocycles. The van der Waals surface area contributed by atoms with Gasteiger partial charge in [-0.05, 0) is 56.9 Å². The van der Waals surface area contributed by atoms with Crippen LogP contribution in [0.3, 0.4) is 0 Å². The number of carbonyl (C=O) groups excluding carboxylic acids is 2. The normalized spacial score (nSPS) is 14.5. The van der Waals surface area contributed by atoms with Gasteiger partial charge in [0, 0.05) is 50.5 Å². The van der Waals surface area contributed by atoms with Crippen LogP contribution < -0.4 is 15.5 Å². The van der Waals surface area contributed by atoms with Gasteiger partial charge in [0.25, 0.3) is 0 Å². The number of amides is 3. The molecule has 0 spiro atoms. The van der Waals surface area contributed by atoms with Gasteiger partial charge in [0.1, 0.15) is 0 Å². The highest BCUT2D eigenvalue weighted by Gasteiger charge is 2.35. The van der Waals surface area contributed by atoms with Crippen LogP contribution in [0.15, 0.2) is 18.2 Å². The van der Waals surface area contributed by atoms with Crippen molar-refractivity contribution < 1.29 is 9.59 Å². The van der Waals surface area contributed by atoms with Gasteiger partial charge in [0.05, 0.1) is 0 Å². The van der Waals surface area contributed by atoms with Gasteiger partial charge in [0.15, 0.2) is 0 Å². The molecule has 3 amide bonds. The predicted octanol–water partition coefficient (Wildman–Crippen LogP) is 3.43. The molecule has 0 heterocycles. The molecule has 0 saturated heterocycles. The van der Waals surface area contributed by atoms with E-state index in [1.165, 1.54) is 0 Å². The van der Waals surface area contributed by atoms with Crippen LogP contribution in [0.25, 0.3) is 0 Å². The minimum atomic E-state index is -0.219.